The van der Waals surface area contributed by atoms with Crippen molar-refractivity contribution in [3.05, 3.63) is 40.1 Å². The molecule has 0 aromatic carbocycles. The lowest BCUT2D eigenvalue weighted by molar-refractivity contribution is -0.120. The van der Waals surface area contributed by atoms with Crippen LogP contribution in [-0.4, -0.2) is 22.4 Å². The number of nitrogens with zero attached hydrogens (tertiary/aromatic N) is 2. The molecule has 0 aliphatic heterocycles. The molecule has 118 valence electrons. The number of carbonyl (C=O) groups excluding carboxylic acids is 1. The maximum absolute atomic E-state index is 11.7. The summed E-state index contributed by atoms with van der Waals surface area (Å²) in [6.45, 7) is 5.16. The Hall–Kier alpha value is -1.95. The fraction of sp³-hybridized carbons (Fsp3) is 0.438. The van der Waals surface area contributed by atoms with Crippen LogP contribution in [0.1, 0.15) is 36.2 Å². The number of carbonyl (C=O) groups is 1. The second-order valence-corrected chi connectivity index (χ2v) is 5.98. The summed E-state index contributed by atoms with van der Waals surface area (Å²) < 4.78 is 5.63. The lowest BCUT2D eigenvalue weighted by Gasteiger charge is -2.03. The van der Waals surface area contributed by atoms with Gasteiger partial charge in [-0.1, -0.05) is 13.3 Å². The van der Waals surface area contributed by atoms with E-state index in [-0.39, 0.29) is 5.91 Å². The molecule has 0 unspecified atom stereocenters. The molecule has 0 radical (unpaired) electrons. The minimum atomic E-state index is 0.0222. The number of rotatable bonds is 8. The molecule has 2 aromatic heterocycles. The molecular weight excluding hydrogens is 298 g/mol. The van der Waals surface area contributed by atoms with Crippen molar-refractivity contribution in [3.8, 4) is 5.75 Å². The van der Waals surface area contributed by atoms with Gasteiger partial charge < -0.3 is 10.1 Å². The Morgan fingerprint density at radius 1 is 1.41 bits per heavy atom. The third-order valence-corrected chi connectivity index (χ3v) is 3.91. The van der Waals surface area contributed by atoms with E-state index < -0.39 is 0 Å². The highest BCUT2D eigenvalue weighted by atomic mass is 32.1. The number of amides is 1. The predicted molar refractivity (Wildman–Crippen MR) is 87.0 cm³/mol. The molecule has 2 aromatic rings. The molecule has 0 aliphatic carbocycles. The first-order chi connectivity index (χ1) is 10.7. The fourth-order valence-electron chi connectivity index (χ4n) is 1.81. The van der Waals surface area contributed by atoms with Crippen molar-refractivity contribution in [1.29, 1.82) is 0 Å². The molecule has 0 saturated heterocycles. The van der Waals surface area contributed by atoms with E-state index in [1.165, 1.54) is 11.3 Å². The van der Waals surface area contributed by atoms with Gasteiger partial charge >= 0.3 is 0 Å². The van der Waals surface area contributed by atoms with Crippen molar-refractivity contribution < 1.29 is 9.53 Å². The Morgan fingerprint density at radius 3 is 3.00 bits per heavy atom. The molecule has 1 N–H and O–H groups in total. The summed E-state index contributed by atoms with van der Waals surface area (Å²) >= 11 is 1.51. The first-order valence-electron chi connectivity index (χ1n) is 7.43. The molecular formula is C16H21N3O2S. The van der Waals surface area contributed by atoms with E-state index in [0.29, 0.717) is 13.0 Å². The lowest BCUT2D eigenvalue weighted by Crippen LogP contribution is -2.26. The topological polar surface area (TPSA) is 64.1 Å². The Balaban J connectivity index is 1.78. The predicted octanol–water partition coefficient (Wildman–Crippen LogP) is 2.88. The molecule has 0 saturated carbocycles. The van der Waals surface area contributed by atoms with E-state index in [1.54, 1.807) is 6.20 Å². The van der Waals surface area contributed by atoms with E-state index in [9.17, 15) is 4.79 Å². The monoisotopic (exact) mass is 319 g/mol. The number of pyridine rings is 1. The van der Waals surface area contributed by atoms with Gasteiger partial charge in [-0.05, 0) is 25.5 Å². The smallest absolute Gasteiger partial charge is 0.226 e. The highest BCUT2D eigenvalue weighted by Gasteiger charge is 2.08. The summed E-state index contributed by atoms with van der Waals surface area (Å²) in [4.78, 5) is 20.3. The van der Waals surface area contributed by atoms with Crippen LogP contribution in [0.3, 0.4) is 0 Å². The van der Waals surface area contributed by atoms with Crippen LogP contribution >= 0.6 is 11.3 Å². The van der Waals surface area contributed by atoms with Crippen LogP contribution in [0.2, 0.25) is 0 Å². The number of ether oxygens (including phenoxy) is 1. The van der Waals surface area contributed by atoms with Gasteiger partial charge in [0.05, 0.1) is 18.3 Å². The van der Waals surface area contributed by atoms with Crippen molar-refractivity contribution in [2.24, 2.45) is 0 Å². The third-order valence-electron chi connectivity index (χ3n) is 3.04. The summed E-state index contributed by atoms with van der Waals surface area (Å²) in [6, 6.07) is 3.79. The van der Waals surface area contributed by atoms with E-state index in [0.717, 1.165) is 41.5 Å². The van der Waals surface area contributed by atoms with Crippen molar-refractivity contribution in [2.75, 3.05) is 6.54 Å². The summed E-state index contributed by atoms with van der Waals surface area (Å²) in [5.41, 5.74) is 1.75. The highest BCUT2D eigenvalue weighted by molar-refractivity contribution is 7.09. The molecule has 0 atom stereocenters. The SMILES string of the molecule is CCCCNC(=O)Cc1csc(COc2ccc(C)nc2)n1. The minimum absolute atomic E-state index is 0.0222. The van der Waals surface area contributed by atoms with Gasteiger partial charge in [0.25, 0.3) is 0 Å². The number of hydrogen-bond acceptors (Lipinski definition) is 5. The van der Waals surface area contributed by atoms with Gasteiger partial charge in [-0.15, -0.1) is 11.3 Å². The molecule has 0 bridgehead atoms. The quantitative estimate of drug-likeness (QED) is 0.760. The van der Waals surface area contributed by atoms with Crippen LogP contribution < -0.4 is 10.1 Å². The summed E-state index contributed by atoms with van der Waals surface area (Å²) in [5.74, 6) is 0.744. The van der Waals surface area contributed by atoms with Crippen LogP contribution in [0.25, 0.3) is 0 Å². The van der Waals surface area contributed by atoms with E-state index in [1.807, 2.05) is 24.4 Å². The van der Waals surface area contributed by atoms with Crippen molar-refractivity contribution >= 4 is 17.2 Å². The molecule has 22 heavy (non-hydrogen) atoms. The maximum atomic E-state index is 11.7. The van der Waals surface area contributed by atoms with Crippen molar-refractivity contribution in [3.63, 3.8) is 0 Å². The number of unbranched alkanes of at least 4 members (excludes halogenated alkanes) is 1. The molecule has 0 aliphatic rings. The number of aryl methyl sites for hydroxylation is 1. The van der Waals surface area contributed by atoms with Gasteiger partial charge in [-0.25, -0.2) is 4.98 Å². The van der Waals surface area contributed by atoms with E-state index in [4.69, 9.17) is 4.74 Å². The zero-order valence-electron chi connectivity index (χ0n) is 13.0. The van der Waals surface area contributed by atoms with Crippen molar-refractivity contribution in [1.82, 2.24) is 15.3 Å². The summed E-state index contributed by atoms with van der Waals surface area (Å²) in [5, 5.41) is 5.66. The van der Waals surface area contributed by atoms with Gasteiger partial charge in [0.1, 0.15) is 17.4 Å². The Kier molecular flexibility index (Phi) is 6.33. The molecule has 2 heterocycles. The van der Waals surface area contributed by atoms with Crippen LogP contribution in [0.4, 0.5) is 0 Å². The minimum Gasteiger partial charge on any atom is -0.485 e. The molecule has 5 nitrogen and oxygen atoms in total. The fourth-order valence-corrected chi connectivity index (χ4v) is 2.52. The first-order valence-corrected chi connectivity index (χ1v) is 8.30. The average Bonchev–Trinajstić information content (AvgIpc) is 2.94. The molecule has 0 spiro atoms. The second kappa shape index (κ2) is 8.48. The second-order valence-electron chi connectivity index (χ2n) is 5.04. The maximum Gasteiger partial charge on any atom is 0.226 e. The molecule has 6 heteroatoms. The first kappa shape index (κ1) is 16.4. The van der Waals surface area contributed by atoms with Gasteiger partial charge in [0.15, 0.2) is 0 Å². The zero-order valence-corrected chi connectivity index (χ0v) is 13.8. The number of aromatic nitrogens is 2. The highest BCUT2D eigenvalue weighted by Crippen LogP contribution is 2.15. The largest absolute Gasteiger partial charge is 0.485 e. The van der Waals surface area contributed by atoms with Crippen LogP contribution in [0.15, 0.2) is 23.7 Å². The van der Waals surface area contributed by atoms with E-state index in [2.05, 4.69) is 22.2 Å². The Labute approximate surface area is 134 Å². The van der Waals surface area contributed by atoms with Crippen LogP contribution in [-0.2, 0) is 17.8 Å². The van der Waals surface area contributed by atoms with Gasteiger partial charge in [-0.3, -0.25) is 9.78 Å². The summed E-state index contributed by atoms with van der Waals surface area (Å²) in [7, 11) is 0. The van der Waals surface area contributed by atoms with Crippen LogP contribution in [0.5, 0.6) is 5.75 Å². The normalized spacial score (nSPS) is 10.5. The van der Waals surface area contributed by atoms with Gasteiger partial charge in [-0.2, -0.15) is 0 Å². The summed E-state index contributed by atoms with van der Waals surface area (Å²) in [6.07, 6.45) is 4.11. The third kappa shape index (κ3) is 5.44. The van der Waals surface area contributed by atoms with Crippen molar-refractivity contribution in [2.45, 2.75) is 39.7 Å². The Bertz CT molecular complexity index is 596. The van der Waals surface area contributed by atoms with Crippen LogP contribution in [0, 0.1) is 6.92 Å². The number of hydrogen-bond donors (Lipinski definition) is 1. The Morgan fingerprint density at radius 2 is 2.27 bits per heavy atom. The molecule has 0 fully saturated rings. The number of nitrogens with one attached hydrogen (secondary N) is 1. The number of thiazole rings is 1. The van der Waals surface area contributed by atoms with Gasteiger partial charge in [0, 0.05) is 17.6 Å². The zero-order chi connectivity index (χ0) is 15.8. The molecule has 1 amide bonds. The lowest BCUT2D eigenvalue weighted by atomic mass is 10.3. The van der Waals surface area contributed by atoms with Gasteiger partial charge in [0.2, 0.25) is 5.91 Å². The standard InChI is InChI=1S/C16H21N3O2S/c1-3-4-7-17-15(20)8-13-11-22-16(19-13)10-21-14-6-5-12(2)18-9-14/h5-6,9,11H,3-4,7-8,10H2,1-2H3,(H,17,20). The molecule has 2 rings (SSSR count). The van der Waals surface area contributed by atoms with E-state index >= 15 is 0 Å². The average molecular weight is 319 g/mol.